The first kappa shape index (κ1) is 9.25. The number of hydrogen-bond donors (Lipinski definition) is 2. The van der Waals surface area contributed by atoms with Crippen LogP contribution in [0.4, 0.5) is 11.8 Å². The summed E-state index contributed by atoms with van der Waals surface area (Å²) in [6.45, 7) is 5.62. The van der Waals surface area contributed by atoms with Gasteiger partial charge in [-0.2, -0.15) is 4.98 Å². The zero-order chi connectivity index (χ0) is 9.84. The van der Waals surface area contributed by atoms with Crippen LogP contribution >= 0.6 is 0 Å². The Morgan fingerprint density at radius 3 is 2.69 bits per heavy atom. The minimum Gasteiger partial charge on any atom is -0.384 e. The van der Waals surface area contributed by atoms with E-state index in [2.05, 4.69) is 16.5 Å². The summed E-state index contributed by atoms with van der Waals surface area (Å²) in [6.07, 6.45) is 3.62. The van der Waals surface area contributed by atoms with Gasteiger partial charge >= 0.3 is 0 Å². The SMILES string of the molecule is C=C(C)/C=C\c1cc(N)nc(N)n1. The second-order valence-corrected chi connectivity index (χ2v) is 2.76. The third-order valence-electron chi connectivity index (χ3n) is 1.32. The van der Waals surface area contributed by atoms with Crippen LogP contribution in [-0.2, 0) is 0 Å². The van der Waals surface area contributed by atoms with Crippen LogP contribution in [0.2, 0.25) is 0 Å². The van der Waals surface area contributed by atoms with Crippen LogP contribution < -0.4 is 11.5 Å². The van der Waals surface area contributed by atoms with Gasteiger partial charge in [0.2, 0.25) is 5.95 Å². The normalized spacial score (nSPS) is 10.5. The average molecular weight is 176 g/mol. The van der Waals surface area contributed by atoms with E-state index in [-0.39, 0.29) is 5.95 Å². The van der Waals surface area contributed by atoms with Gasteiger partial charge in [0, 0.05) is 6.07 Å². The van der Waals surface area contributed by atoms with E-state index in [1.165, 1.54) is 0 Å². The summed E-state index contributed by atoms with van der Waals surface area (Å²) in [5.74, 6) is 0.551. The molecule has 0 radical (unpaired) electrons. The van der Waals surface area contributed by atoms with Gasteiger partial charge in [-0.15, -0.1) is 0 Å². The van der Waals surface area contributed by atoms with Crippen LogP contribution in [0, 0.1) is 0 Å². The standard InChI is InChI=1S/C9H12N4/c1-6(2)3-4-7-5-8(10)13-9(11)12-7/h3-5H,1H2,2H3,(H4,10,11,12,13)/b4-3-. The molecular formula is C9H12N4. The number of nitrogens with zero attached hydrogens (tertiary/aromatic N) is 2. The fourth-order valence-electron chi connectivity index (χ4n) is 0.819. The first-order valence-electron chi connectivity index (χ1n) is 3.81. The molecule has 0 aromatic carbocycles. The van der Waals surface area contributed by atoms with Gasteiger partial charge < -0.3 is 11.5 Å². The van der Waals surface area contributed by atoms with Gasteiger partial charge in [-0.05, 0) is 13.0 Å². The molecule has 68 valence electrons. The molecular weight excluding hydrogens is 164 g/mol. The van der Waals surface area contributed by atoms with E-state index in [1.54, 1.807) is 12.1 Å². The Balaban J connectivity index is 2.95. The third kappa shape index (κ3) is 2.94. The molecule has 0 spiro atoms. The van der Waals surface area contributed by atoms with Crippen molar-refractivity contribution in [3.63, 3.8) is 0 Å². The number of rotatable bonds is 2. The largest absolute Gasteiger partial charge is 0.384 e. The maximum absolute atomic E-state index is 5.48. The Morgan fingerprint density at radius 1 is 1.46 bits per heavy atom. The predicted molar refractivity (Wildman–Crippen MR) is 54.7 cm³/mol. The summed E-state index contributed by atoms with van der Waals surface area (Å²) in [7, 11) is 0. The van der Waals surface area contributed by atoms with E-state index in [0.29, 0.717) is 11.5 Å². The molecule has 1 aromatic heterocycles. The second-order valence-electron chi connectivity index (χ2n) is 2.76. The fourth-order valence-corrected chi connectivity index (χ4v) is 0.819. The number of nitrogen functional groups attached to an aromatic ring is 2. The van der Waals surface area contributed by atoms with E-state index in [1.807, 2.05) is 13.0 Å². The monoisotopic (exact) mass is 176 g/mol. The van der Waals surface area contributed by atoms with Gasteiger partial charge in [-0.3, -0.25) is 0 Å². The molecule has 1 rings (SSSR count). The molecule has 4 heteroatoms. The summed E-state index contributed by atoms with van der Waals surface area (Å²) in [5, 5.41) is 0. The van der Waals surface area contributed by atoms with Crippen molar-refractivity contribution in [2.24, 2.45) is 0 Å². The number of aromatic nitrogens is 2. The lowest BCUT2D eigenvalue weighted by Gasteiger charge is -1.97. The van der Waals surface area contributed by atoms with Crippen LogP contribution in [0.25, 0.3) is 6.08 Å². The Kier molecular flexibility index (Phi) is 2.64. The maximum Gasteiger partial charge on any atom is 0.222 e. The van der Waals surface area contributed by atoms with Gasteiger partial charge in [-0.1, -0.05) is 18.2 Å². The molecule has 0 aliphatic carbocycles. The molecule has 0 fully saturated rings. The molecule has 0 saturated carbocycles. The summed E-state index contributed by atoms with van der Waals surface area (Å²) in [4.78, 5) is 7.71. The van der Waals surface area contributed by atoms with Crippen molar-refractivity contribution in [1.29, 1.82) is 0 Å². The van der Waals surface area contributed by atoms with E-state index < -0.39 is 0 Å². The minimum absolute atomic E-state index is 0.182. The lowest BCUT2D eigenvalue weighted by atomic mass is 10.3. The highest BCUT2D eigenvalue weighted by Crippen LogP contribution is 2.06. The van der Waals surface area contributed by atoms with E-state index in [4.69, 9.17) is 11.5 Å². The highest BCUT2D eigenvalue weighted by molar-refractivity contribution is 5.53. The Hall–Kier alpha value is -1.84. The lowest BCUT2D eigenvalue weighted by molar-refractivity contribution is 1.18. The Labute approximate surface area is 77.0 Å². The van der Waals surface area contributed by atoms with Gasteiger partial charge in [0.25, 0.3) is 0 Å². The van der Waals surface area contributed by atoms with Crippen molar-refractivity contribution in [1.82, 2.24) is 9.97 Å². The van der Waals surface area contributed by atoms with Crippen LogP contribution in [0.3, 0.4) is 0 Å². The quantitative estimate of drug-likeness (QED) is 0.664. The summed E-state index contributed by atoms with van der Waals surface area (Å²) in [6, 6.07) is 1.65. The van der Waals surface area contributed by atoms with Crippen molar-refractivity contribution in [3.8, 4) is 0 Å². The van der Waals surface area contributed by atoms with Crippen molar-refractivity contribution in [3.05, 3.63) is 30.0 Å². The van der Waals surface area contributed by atoms with E-state index in [9.17, 15) is 0 Å². The van der Waals surface area contributed by atoms with Crippen LogP contribution in [0.15, 0.2) is 24.3 Å². The van der Waals surface area contributed by atoms with Crippen LogP contribution in [0.1, 0.15) is 12.6 Å². The summed E-state index contributed by atoms with van der Waals surface area (Å²) in [5.41, 5.74) is 12.5. The second kappa shape index (κ2) is 3.71. The number of hydrogen-bond acceptors (Lipinski definition) is 4. The van der Waals surface area contributed by atoms with Gasteiger partial charge in [0.1, 0.15) is 5.82 Å². The van der Waals surface area contributed by atoms with E-state index >= 15 is 0 Å². The molecule has 4 N–H and O–H groups in total. The first-order chi connectivity index (χ1) is 6.08. The molecule has 13 heavy (non-hydrogen) atoms. The fraction of sp³-hybridized carbons (Fsp3) is 0.111. The number of nitrogens with two attached hydrogens (primary N) is 2. The zero-order valence-corrected chi connectivity index (χ0v) is 7.49. The highest BCUT2D eigenvalue weighted by atomic mass is 15.0. The molecule has 0 aliphatic heterocycles. The van der Waals surface area contributed by atoms with Crippen LogP contribution in [0.5, 0.6) is 0 Å². The number of allylic oxidation sites excluding steroid dienone is 2. The molecule has 0 bridgehead atoms. The molecule has 0 unspecified atom stereocenters. The predicted octanol–water partition coefficient (Wildman–Crippen LogP) is 1.23. The van der Waals surface area contributed by atoms with Crippen molar-refractivity contribution < 1.29 is 0 Å². The highest BCUT2D eigenvalue weighted by Gasteiger charge is 1.94. The average Bonchev–Trinajstić information content (AvgIpc) is 1.99. The van der Waals surface area contributed by atoms with E-state index in [0.717, 1.165) is 5.57 Å². The molecule has 0 aliphatic rings. The molecule has 1 heterocycles. The number of anilines is 2. The molecule has 0 amide bonds. The Bertz CT molecular complexity index is 334. The zero-order valence-electron chi connectivity index (χ0n) is 7.49. The van der Waals surface area contributed by atoms with Gasteiger partial charge in [-0.25, -0.2) is 4.98 Å². The third-order valence-corrected chi connectivity index (χ3v) is 1.32. The van der Waals surface area contributed by atoms with Crippen molar-refractivity contribution >= 4 is 17.8 Å². The first-order valence-corrected chi connectivity index (χ1v) is 3.81. The molecule has 0 saturated heterocycles. The topological polar surface area (TPSA) is 77.8 Å². The van der Waals surface area contributed by atoms with Gasteiger partial charge in [0.05, 0.1) is 5.69 Å². The molecule has 4 nitrogen and oxygen atoms in total. The lowest BCUT2D eigenvalue weighted by Crippen LogP contribution is -2.00. The smallest absolute Gasteiger partial charge is 0.222 e. The molecule has 0 atom stereocenters. The van der Waals surface area contributed by atoms with Crippen molar-refractivity contribution in [2.75, 3.05) is 11.5 Å². The molecule has 1 aromatic rings. The minimum atomic E-state index is 0.182. The summed E-state index contributed by atoms with van der Waals surface area (Å²) >= 11 is 0. The maximum atomic E-state index is 5.48. The van der Waals surface area contributed by atoms with Crippen LogP contribution in [-0.4, -0.2) is 9.97 Å². The van der Waals surface area contributed by atoms with Crippen molar-refractivity contribution in [2.45, 2.75) is 6.92 Å². The summed E-state index contributed by atoms with van der Waals surface area (Å²) < 4.78 is 0. The Morgan fingerprint density at radius 2 is 2.15 bits per heavy atom. The van der Waals surface area contributed by atoms with Gasteiger partial charge in [0.15, 0.2) is 0 Å².